The summed E-state index contributed by atoms with van der Waals surface area (Å²) in [5.74, 6) is 0.0894. The quantitative estimate of drug-likeness (QED) is 0.552. The van der Waals surface area contributed by atoms with Crippen LogP contribution in [0.15, 0.2) is 60.7 Å². The highest BCUT2D eigenvalue weighted by Gasteiger charge is 2.28. The predicted octanol–water partition coefficient (Wildman–Crippen LogP) is 4.24. The molecule has 0 heterocycles. The molecular weight excluding hydrogens is 326 g/mol. The highest BCUT2D eigenvalue weighted by atomic mass is 16.5. The zero-order valence-corrected chi connectivity index (χ0v) is 14.9. The van der Waals surface area contributed by atoms with Gasteiger partial charge in [0.1, 0.15) is 6.61 Å². The Labute approximate surface area is 154 Å². The van der Waals surface area contributed by atoms with Crippen LogP contribution < -0.4 is 5.32 Å². The molecule has 0 bridgehead atoms. The number of carbonyl (C=O) groups is 1. The summed E-state index contributed by atoms with van der Waals surface area (Å²) in [5.41, 5.74) is 4.89. The molecular formula is C22H25NO3. The average Bonchev–Trinajstić information content (AvgIpc) is 3.00. The van der Waals surface area contributed by atoms with E-state index in [1.54, 1.807) is 0 Å². The topological polar surface area (TPSA) is 58.6 Å². The largest absolute Gasteiger partial charge is 0.449 e. The molecule has 136 valence electrons. The molecule has 2 aromatic carbocycles. The van der Waals surface area contributed by atoms with Crippen LogP contribution in [-0.4, -0.2) is 31.0 Å². The van der Waals surface area contributed by atoms with Gasteiger partial charge in [-0.05, 0) is 41.5 Å². The van der Waals surface area contributed by atoms with Crippen LogP contribution in [0, 0.1) is 0 Å². The Kier molecular flexibility index (Phi) is 6.45. The Balaban J connectivity index is 1.50. The standard InChI is InChI=1S/C22H25NO3/c24-15-9-3-1-2-8-14-23-22(25)26-16-21-19-12-6-4-10-17(19)18-11-5-7-13-20(18)21/h1-2,4-7,10-13,21,24H,3,8-9,14-16H2,(H,23,25)/b2-1+. The molecule has 26 heavy (non-hydrogen) atoms. The Bertz CT molecular complexity index is 724. The minimum absolute atomic E-state index is 0.0894. The van der Waals surface area contributed by atoms with E-state index in [9.17, 15) is 4.79 Å². The molecule has 1 aliphatic rings. The van der Waals surface area contributed by atoms with Crippen molar-refractivity contribution in [2.24, 2.45) is 0 Å². The second-order valence-electron chi connectivity index (χ2n) is 6.38. The molecule has 0 saturated carbocycles. The first-order valence-corrected chi connectivity index (χ1v) is 9.16. The van der Waals surface area contributed by atoms with E-state index >= 15 is 0 Å². The highest BCUT2D eigenvalue weighted by molar-refractivity contribution is 5.79. The van der Waals surface area contributed by atoms with E-state index in [1.807, 2.05) is 36.4 Å². The summed E-state index contributed by atoms with van der Waals surface area (Å²) in [7, 11) is 0. The molecule has 0 fully saturated rings. The molecule has 1 aliphatic carbocycles. The predicted molar refractivity (Wildman–Crippen MR) is 103 cm³/mol. The van der Waals surface area contributed by atoms with E-state index in [1.165, 1.54) is 22.3 Å². The van der Waals surface area contributed by atoms with Crippen LogP contribution in [0.25, 0.3) is 11.1 Å². The van der Waals surface area contributed by atoms with Gasteiger partial charge in [0.2, 0.25) is 0 Å². The number of amides is 1. The van der Waals surface area contributed by atoms with E-state index in [2.05, 4.69) is 29.6 Å². The van der Waals surface area contributed by atoms with Crippen molar-refractivity contribution in [2.45, 2.75) is 25.2 Å². The number of hydrogen-bond donors (Lipinski definition) is 2. The number of benzene rings is 2. The number of nitrogens with one attached hydrogen (secondary N) is 1. The summed E-state index contributed by atoms with van der Waals surface area (Å²) < 4.78 is 5.48. The Morgan fingerprint density at radius 1 is 1.00 bits per heavy atom. The number of carbonyl (C=O) groups excluding carboxylic acids is 1. The van der Waals surface area contributed by atoms with Crippen LogP contribution in [-0.2, 0) is 4.74 Å². The second kappa shape index (κ2) is 9.20. The third-order valence-corrected chi connectivity index (χ3v) is 4.62. The third kappa shape index (κ3) is 4.33. The minimum atomic E-state index is -0.379. The maximum atomic E-state index is 12.0. The number of aliphatic hydroxyl groups is 1. The van der Waals surface area contributed by atoms with Crippen LogP contribution in [0.1, 0.15) is 36.3 Å². The molecule has 4 nitrogen and oxygen atoms in total. The monoisotopic (exact) mass is 351 g/mol. The zero-order valence-electron chi connectivity index (χ0n) is 14.9. The molecule has 1 amide bonds. The van der Waals surface area contributed by atoms with Gasteiger partial charge in [-0.1, -0.05) is 60.7 Å². The van der Waals surface area contributed by atoms with Gasteiger partial charge in [-0.3, -0.25) is 0 Å². The first kappa shape index (κ1) is 18.2. The fourth-order valence-corrected chi connectivity index (χ4v) is 3.35. The minimum Gasteiger partial charge on any atom is -0.449 e. The van der Waals surface area contributed by atoms with Crippen LogP contribution in [0.4, 0.5) is 4.79 Å². The molecule has 0 atom stereocenters. The summed E-state index contributed by atoms with van der Waals surface area (Å²) in [5, 5.41) is 11.5. The van der Waals surface area contributed by atoms with Crippen molar-refractivity contribution in [1.29, 1.82) is 0 Å². The van der Waals surface area contributed by atoms with Gasteiger partial charge >= 0.3 is 6.09 Å². The molecule has 2 aromatic rings. The lowest BCUT2D eigenvalue weighted by molar-refractivity contribution is 0.143. The van der Waals surface area contributed by atoms with E-state index < -0.39 is 0 Å². The first-order chi connectivity index (χ1) is 12.8. The Morgan fingerprint density at radius 3 is 2.27 bits per heavy atom. The van der Waals surface area contributed by atoms with Crippen LogP contribution in [0.2, 0.25) is 0 Å². The fraction of sp³-hybridized carbons (Fsp3) is 0.318. The Hall–Kier alpha value is -2.59. The lowest BCUT2D eigenvalue weighted by atomic mass is 9.98. The van der Waals surface area contributed by atoms with Crippen LogP contribution in [0.5, 0.6) is 0 Å². The summed E-state index contributed by atoms with van der Waals surface area (Å²) >= 11 is 0. The number of unbranched alkanes of at least 4 members (excludes halogenated alkanes) is 1. The van der Waals surface area contributed by atoms with Crippen LogP contribution in [0.3, 0.4) is 0 Å². The van der Waals surface area contributed by atoms with Crippen molar-refractivity contribution in [2.75, 3.05) is 19.8 Å². The average molecular weight is 351 g/mol. The van der Waals surface area contributed by atoms with E-state index in [0.29, 0.717) is 13.2 Å². The van der Waals surface area contributed by atoms with Crippen molar-refractivity contribution in [1.82, 2.24) is 5.32 Å². The first-order valence-electron chi connectivity index (χ1n) is 9.16. The second-order valence-corrected chi connectivity index (χ2v) is 6.38. The number of hydrogen-bond acceptors (Lipinski definition) is 3. The molecule has 3 rings (SSSR count). The maximum Gasteiger partial charge on any atom is 0.407 e. The molecule has 0 spiro atoms. The molecule has 0 radical (unpaired) electrons. The van der Waals surface area contributed by atoms with Gasteiger partial charge in [0.05, 0.1) is 0 Å². The van der Waals surface area contributed by atoms with E-state index in [0.717, 1.165) is 19.3 Å². The third-order valence-electron chi connectivity index (χ3n) is 4.62. The van der Waals surface area contributed by atoms with Gasteiger partial charge in [-0.2, -0.15) is 0 Å². The molecule has 0 aromatic heterocycles. The normalized spacial score (nSPS) is 12.8. The summed E-state index contributed by atoms with van der Waals surface area (Å²) in [6.07, 6.45) is 6.05. The van der Waals surface area contributed by atoms with Crippen molar-refractivity contribution in [3.8, 4) is 11.1 Å². The number of ether oxygens (including phenoxy) is 1. The fourth-order valence-electron chi connectivity index (χ4n) is 3.35. The molecule has 0 aliphatic heterocycles. The van der Waals surface area contributed by atoms with Gasteiger partial charge in [0, 0.05) is 19.1 Å². The summed E-state index contributed by atoms with van der Waals surface area (Å²) in [4.78, 5) is 12.0. The van der Waals surface area contributed by atoms with Crippen LogP contribution >= 0.6 is 0 Å². The molecule has 2 N–H and O–H groups in total. The van der Waals surface area contributed by atoms with Gasteiger partial charge < -0.3 is 15.2 Å². The number of alkyl carbamates (subject to hydrolysis) is 1. The van der Waals surface area contributed by atoms with E-state index in [4.69, 9.17) is 9.84 Å². The van der Waals surface area contributed by atoms with Crippen molar-refractivity contribution in [3.05, 3.63) is 71.8 Å². The highest BCUT2D eigenvalue weighted by Crippen LogP contribution is 2.44. The number of aliphatic hydroxyl groups excluding tert-OH is 1. The Morgan fingerprint density at radius 2 is 1.62 bits per heavy atom. The van der Waals surface area contributed by atoms with Crippen molar-refractivity contribution >= 4 is 6.09 Å². The van der Waals surface area contributed by atoms with Gasteiger partial charge in [-0.15, -0.1) is 0 Å². The van der Waals surface area contributed by atoms with Crippen molar-refractivity contribution < 1.29 is 14.6 Å². The molecule has 0 saturated heterocycles. The summed E-state index contributed by atoms with van der Waals surface area (Å²) in [6.45, 7) is 1.10. The lowest BCUT2D eigenvalue weighted by Gasteiger charge is -2.14. The smallest absolute Gasteiger partial charge is 0.407 e. The number of fused-ring (bicyclic) bond motifs is 3. The number of rotatable bonds is 8. The van der Waals surface area contributed by atoms with Gasteiger partial charge in [0.25, 0.3) is 0 Å². The molecule has 0 unspecified atom stereocenters. The zero-order chi connectivity index (χ0) is 18.2. The van der Waals surface area contributed by atoms with Gasteiger partial charge in [0.15, 0.2) is 0 Å². The maximum absolute atomic E-state index is 12.0. The van der Waals surface area contributed by atoms with E-state index in [-0.39, 0.29) is 18.6 Å². The lowest BCUT2D eigenvalue weighted by Crippen LogP contribution is -2.26. The number of allylic oxidation sites excluding steroid dienone is 1. The SMILES string of the molecule is O=C(NCC/C=C/CCCO)OCC1c2ccccc2-c2ccccc21. The van der Waals surface area contributed by atoms with Gasteiger partial charge in [-0.25, -0.2) is 4.79 Å². The van der Waals surface area contributed by atoms with Crippen molar-refractivity contribution in [3.63, 3.8) is 0 Å². The summed E-state index contributed by atoms with van der Waals surface area (Å²) in [6, 6.07) is 16.6. The molecule has 4 heteroatoms.